The van der Waals surface area contributed by atoms with E-state index in [-0.39, 0.29) is 12.2 Å². The number of carboxylic acids is 3. The monoisotopic (exact) mass is 666 g/mol. The number of aliphatic carboxylic acids is 3. The van der Waals surface area contributed by atoms with Crippen LogP contribution in [-0.4, -0.2) is 61.7 Å². The quantitative estimate of drug-likeness (QED) is 0.0452. The van der Waals surface area contributed by atoms with Crippen molar-refractivity contribution < 1.29 is 44.4 Å². The first kappa shape index (κ1) is 39.7. The van der Waals surface area contributed by atoms with E-state index < -0.39 is 47.8 Å². The summed E-state index contributed by atoms with van der Waals surface area (Å²) >= 11 is 0. The van der Waals surface area contributed by atoms with Gasteiger partial charge in [-0.15, -0.1) is 0 Å². The second-order valence-electron chi connectivity index (χ2n) is 12.3. The van der Waals surface area contributed by atoms with Gasteiger partial charge < -0.3 is 31.5 Å². The summed E-state index contributed by atoms with van der Waals surface area (Å²) in [5.41, 5.74) is 5.67. The van der Waals surface area contributed by atoms with Crippen LogP contribution in [0.5, 0.6) is 0 Å². The molecule has 0 aliphatic heterocycles. The average molecular weight is 667 g/mol. The van der Waals surface area contributed by atoms with Crippen LogP contribution >= 0.6 is 0 Å². The number of allylic oxidation sites excluding steroid dienone is 1. The largest absolute Gasteiger partial charge is 0.481 e. The summed E-state index contributed by atoms with van der Waals surface area (Å²) in [6.07, 6.45) is 11.3. The first-order valence-electron chi connectivity index (χ1n) is 16.7. The third kappa shape index (κ3) is 13.7. The number of rotatable bonds is 24. The first-order valence-corrected chi connectivity index (χ1v) is 16.7. The smallest absolute Gasteiger partial charge is 0.337 e. The van der Waals surface area contributed by atoms with Gasteiger partial charge in [0.2, 0.25) is 5.91 Å². The van der Waals surface area contributed by atoms with Crippen molar-refractivity contribution in [1.82, 2.24) is 5.32 Å². The first-order chi connectivity index (χ1) is 22.9. The van der Waals surface area contributed by atoms with Crippen LogP contribution in [0, 0.1) is 5.92 Å². The average Bonchev–Trinajstić information content (AvgIpc) is 3.03. The molecule has 48 heavy (non-hydrogen) atoms. The molecule has 1 amide bonds. The zero-order valence-corrected chi connectivity index (χ0v) is 27.7. The Morgan fingerprint density at radius 2 is 1.33 bits per heavy atom. The van der Waals surface area contributed by atoms with Crippen molar-refractivity contribution >= 4 is 35.3 Å². The molecule has 0 heterocycles. The molecule has 0 aromatic heterocycles. The molecule has 0 saturated heterocycles. The van der Waals surface area contributed by atoms with Crippen molar-refractivity contribution in [3.05, 3.63) is 66.2 Å². The topological polar surface area (TPSA) is 204 Å². The number of anilines is 1. The number of aliphatic hydroxyl groups is 1. The molecule has 7 N–H and O–H groups in total. The molecule has 2 aromatic rings. The third-order valence-corrected chi connectivity index (χ3v) is 8.30. The lowest BCUT2D eigenvalue weighted by molar-refractivity contribution is -0.172. The third-order valence-electron chi connectivity index (χ3n) is 8.30. The number of carboxylic acid groups (broad SMARTS) is 3. The van der Waals surface area contributed by atoms with Crippen molar-refractivity contribution in [2.24, 2.45) is 5.92 Å². The highest BCUT2D eigenvalue weighted by atomic mass is 16.4. The summed E-state index contributed by atoms with van der Waals surface area (Å²) in [7, 11) is 0. The second kappa shape index (κ2) is 20.7. The van der Waals surface area contributed by atoms with E-state index >= 15 is 0 Å². The fourth-order valence-electron chi connectivity index (χ4n) is 5.44. The van der Waals surface area contributed by atoms with Crippen LogP contribution < -0.4 is 11.1 Å². The molecule has 0 radical (unpaired) electrons. The highest BCUT2D eigenvalue weighted by Gasteiger charge is 2.49. The number of amides is 1. The molecule has 2 rings (SSSR count). The number of hydrogen-bond acceptors (Lipinski definition) is 7. The number of carbonyl (C=O) groups excluding carboxylic acids is 2. The van der Waals surface area contributed by atoms with Gasteiger partial charge in [-0.25, -0.2) is 9.59 Å². The van der Waals surface area contributed by atoms with Crippen LogP contribution in [0.2, 0.25) is 0 Å². The maximum Gasteiger partial charge on any atom is 0.337 e. The molecule has 0 aliphatic rings. The van der Waals surface area contributed by atoms with E-state index in [0.717, 1.165) is 62.1 Å². The molecule has 2 aromatic carbocycles. The van der Waals surface area contributed by atoms with Crippen LogP contribution in [0.3, 0.4) is 0 Å². The minimum Gasteiger partial charge on any atom is -0.481 e. The zero-order valence-electron chi connectivity index (χ0n) is 27.7. The van der Waals surface area contributed by atoms with E-state index in [0.29, 0.717) is 36.9 Å². The molecular weight excluding hydrogens is 616 g/mol. The number of nitrogens with one attached hydrogen (secondary N) is 1. The highest BCUT2D eigenvalue weighted by Crippen LogP contribution is 2.26. The van der Waals surface area contributed by atoms with E-state index in [2.05, 4.69) is 12.2 Å². The van der Waals surface area contributed by atoms with Gasteiger partial charge in [0.25, 0.3) is 0 Å². The van der Waals surface area contributed by atoms with Crippen molar-refractivity contribution in [1.29, 1.82) is 0 Å². The normalized spacial score (nSPS) is 13.8. The maximum absolute atomic E-state index is 13.4. The summed E-state index contributed by atoms with van der Waals surface area (Å²) in [6, 6.07) is 12.7. The van der Waals surface area contributed by atoms with Crippen molar-refractivity contribution in [3.8, 4) is 11.1 Å². The van der Waals surface area contributed by atoms with Gasteiger partial charge in [0.15, 0.2) is 5.60 Å². The van der Waals surface area contributed by atoms with Gasteiger partial charge in [-0.05, 0) is 54.5 Å². The highest BCUT2D eigenvalue weighted by molar-refractivity contribution is 5.94. The fraction of sp³-hybridized carbons (Fsp3) is 0.486. The van der Waals surface area contributed by atoms with Crippen molar-refractivity contribution in [3.63, 3.8) is 0 Å². The zero-order chi connectivity index (χ0) is 35.5. The van der Waals surface area contributed by atoms with E-state index in [1.807, 2.05) is 12.1 Å². The molecule has 11 nitrogen and oxygen atoms in total. The number of benzene rings is 2. The van der Waals surface area contributed by atoms with Crippen molar-refractivity contribution in [2.45, 2.75) is 108 Å². The Labute approximate surface area is 282 Å². The van der Waals surface area contributed by atoms with Gasteiger partial charge in [0, 0.05) is 24.9 Å². The maximum atomic E-state index is 13.4. The Morgan fingerprint density at radius 3 is 1.85 bits per heavy atom. The van der Waals surface area contributed by atoms with Gasteiger partial charge in [-0.2, -0.15) is 0 Å². The van der Waals surface area contributed by atoms with E-state index in [1.54, 1.807) is 36.4 Å². The summed E-state index contributed by atoms with van der Waals surface area (Å²) in [5.74, 6) is -7.69. The lowest BCUT2D eigenvalue weighted by atomic mass is 9.82. The Morgan fingerprint density at radius 1 is 0.792 bits per heavy atom. The van der Waals surface area contributed by atoms with E-state index in [9.17, 15) is 44.4 Å². The molecule has 0 saturated carbocycles. The van der Waals surface area contributed by atoms with Crippen molar-refractivity contribution in [2.75, 3.05) is 5.73 Å². The van der Waals surface area contributed by atoms with Gasteiger partial charge in [-0.1, -0.05) is 94.0 Å². The standard InChI is InChI=1S/C37H50N2O9/c1-2-3-4-7-10-13-30(40)14-11-8-5-6-9-12-15-31(37(48,36(46)47)25-33(41)42)34(43)39-32(35(44)45)24-26-16-18-27(19-17-26)28-20-22-29(38)23-21-28/h12,15-23,31-32,48H,2-11,13-14,24-25,38H2,1H3,(H,39,43)(H,41,42)(H,44,45)(H,46,47)/b15-12+/t31-,32+,37+/m1/s1. The number of nitrogen functional groups attached to an aromatic ring is 1. The Kier molecular flexibility index (Phi) is 17.1. The second-order valence-corrected chi connectivity index (χ2v) is 12.3. The molecular formula is C37H50N2O9. The minimum atomic E-state index is -3.02. The number of Topliss-reactive ketones (excluding diaryl/α,β-unsaturated/α-hetero) is 1. The summed E-state index contributed by atoms with van der Waals surface area (Å²) in [4.78, 5) is 61.1. The molecule has 0 bridgehead atoms. The van der Waals surface area contributed by atoms with Gasteiger partial charge in [0.1, 0.15) is 11.8 Å². The fourth-order valence-corrected chi connectivity index (χ4v) is 5.44. The van der Waals surface area contributed by atoms with E-state index in [1.165, 1.54) is 12.5 Å². The Balaban J connectivity index is 2.02. The van der Waals surface area contributed by atoms with Gasteiger partial charge >= 0.3 is 17.9 Å². The molecule has 0 unspecified atom stereocenters. The summed E-state index contributed by atoms with van der Waals surface area (Å²) in [6.45, 7) is 2.15. The Hall–Kier alpha value is -4.51. The van der Waals surface area contributed by atoms with Gasteiger partial charge in [-0.3, -0.25) is 14.4 Å². The molecule has 0 aliphatic carbocycles. The molecule has 11 heteroatoms. The molecule has 262 valence electrons. The van der Waals surface area contributed by atoms with E-state index in [4.69, 9.17) is 5.73 Å². The van der Waals surface area contributed by atoms with Crippen LogP contribution in [0.25, 0.3) is 11.1 Å². The van der Waals surface area contributed by atoms with Crippen LogP contribution in [0.4, 0.5) is 5.69 Å². The minimum absolute atomic E-state index is 0.148. The number of unbranched alkanes of at least 4 members (excludes halogenated alkanes) is 8. The van der Waals surface area contributed by atoms with Crippen LogP contribution in [0.15, 0.2) is 60.7 Å². The molecule has 3 atom stereocenters. The predicted octanol–water partition coefficient (Wildman–Crippen LogP) is 5.78. The Bertz CT molecular complexity index is 1370. The molecule has 0 spiro atoms. The number of carbonyl (C=O) groups is 5. The number of nitrogens with two attached hydrogens (primary N) is 1. The summed E-state index contributed by atoms with van der Waals surface area (Å²) < 4.78 is 0. The lowest BCUT2D eigenvalue weighted by Crippen LogP contribution is -2.55. The molecule has 0 fully saturated rings. The lowest BCUT2D eigenvalue weighted by Gasteiger charge is -2.29. The predicted molar refractivity (Wildman–Crippen MR) is 183 cm³/mol. The van der Waals surface area contributed by atoms with Crippen LogP contribution in [0.1, 0.15) is 96.0 Å². The number of hydrogen-bond donors (Lipinski definition) is 6. The number of ketones is 1. The summed E-state index contributed by atoms with van der Waals surface area (Å²) in [5, 5.41) is 42.2. The van der Waals surface area contributed by atoms with Gasteiger partial charge in [0.05, 0.1) is 12.3 Å². The van der Waals surface area contributed by atoms with Crippen LogP contribution in [-0.2, 0) is 30.4 Å². The SMILES string of the molecule is CCCCCCCC(=O)CCCCCC/C=C/[C@H](C(=O)N[C@@H](Cc1ccc(-c2ccc(N)cc2)cc1)C(=O)O)[C@@](O)(CC(=O)O)C(=O)O.